The Morgan fingerprint density at radius 2 is 2.00 bits per heavy atom. The summed E-state index contributed by atoms with van der Waals surface area (Å²) in [6, 6.07) is 0. The molecular formula is C11H24N2O. The van der Waals surface area contributed by atoms with E-state index in [1.807, 2.05) is 0 Å². The molecule has 0 bridgehead atoms. The van der Waals surface area contributed by atoms with Gasteiger partial charge in [0.2, 0.25) is 0 Å². The minimum absolute atomic E-state index is 0.425. The molecule has 14 heavy (non-hydrogen) atoms. The molecular weight excluding hydrogens is 176 g/mol. The van der Waals surface area contributed by atoms with Gasteiger partial charge >= 0.3 is 0 Å². The zero-order valence-corrected chi connectivity index (χ0v) is 9.54. The van der Waals surface area contributed by atoms with Crippen LogP contribution in [-0.2, 0) is 4.74 Å². The Labute approximate surface area is 87.6 Å². The molecule has 0 aromatic carbocycles. The Morgan fingerprint density at radius 1 is 1.29 bits per heavy atom. The van der Waals surface area contributed by atoms with Crippen LogP contribution in [0.3, 0.4) is 0 Å². The van der Waals surface area contributed by atoms with Crippen LogP contribution < -0.4 is 5.73 Å². The van der Waals surface area contributed by atoms with E-state index >= 15 is 0 Å². The molecule has 2 atom stereocenters. The van der Waals surface area contributed by atoms with Crippen LogP contribution in [0.25, 0.3) is 0 Å². The molecule has 0 aromatic heterocycles. The summed E-state index contributed by atoms with van der Waals surface area (Å²) in [5, 5.41) is 0. The third-order valence-corrected chi connectivity index (χ3v) is 3.01. The summed E-state index contributed by atoms with van der Waals surface area (Å²) < 4.78 is 5.88. The summed E-state index contributed by atoms with van der Waals surface area (Å²) in [4.78, 5) is 2.15. The quantitative estimate of drug-likeness (QED) is 0.722. The first-order chi connectivity index (χ1) is 6.74. The number of likely N-dealkylation sites (N-methyl/N-ethyl adjacent to an activating group) is 1. The fourth-order valence-electron chi connectivity index (χ4n) is 2.05. The number of nitrogens with zero attached hydrogens (tertiary/aromatic N) is 1. The highest BCUT2D eigenvalue weighted by Crippen LogP contribution is 2.25. The van der Waals surface area contributed by atoms with Crippen molar-refractivity contribution >= 4 is 0 Å². The summed E-state index contributed by atoms with van der Waals surface area (Å²) in [5.74, 6) is 0.603. The third kappa shape index (κ3) is 3.95. The second-order valence-corrected chi connectivity index (χ2v) is 4.49. The average Bonchev–Trinajstić information content (AvgIpc) is 2.18. The largest absolute Gasteiger partial charge is 0.377 e. The second-order valence-electron chi connectivity index (χ2n) is 4.49. The number of hydrogen-bond donors (Lipinski definition) is 1. The Hall–Kier alpha value is -0.120. The van der Waals surface area contributed by atoms with Crippen molar-refractivity contribution < 1.29 is 4.74 Å². The summed E-state index contributed by atoms with van der Waals surface area (Å²) in [6.45, 7) is 2.63. The summed E-state index contributed by atoms with van der Waals surface area (Å²) in [6.07, 6.45) is 5.52. The van der Waals surface area contributed by atoms with E-state index in [2.05, 4.69) is 19.0 Å². The molecule has 1 fully saturated rings. The van der Waals surface area contributed by atoms with Crippen molar-refractivity contribution in [2.45, 2.75) is 31.8 Å². The molecule has 1 saturated carbocycles. The molecule has 1 rings (SSSR count). The lowest BCUT2D eigenvalue weighted by atomic mass is 9.86. The predicted molar refractivity (Wildman–Crippen MR) is 59.3 cm³/mol. The number of hydrogen-bond acceptors (Lipinski definition) is 3. The molecule has 0 radical (unpaired) electrons. The number of rotatable bonds is 5. The maximum absolute atomic E-state index is 5.88. The van der Waals surface area contributed by atoms with Crippen LogP contribution >= 0.6 is 0 Å². The van der Waals surface area contributed by atoms with E-state index in [4.69, 9.17) is 10.5 Å². The summed E-state index contributed by atoms with van der Waals surface area (Å²) >= 11 is 0. The van der Waals surface area contributed by atoms with Gasteiger partial charge in [-0.05, 0) is 39.4 Å². The van der Waals surface area contributed by atoms with Crippen molar-refractivity contribution in [2.75, 3.05) is 33.8 Å². The molecule has 2 unspecified atom stereocenters. The predicted octanol–water partition coefficient (Wildman–Crippen LogP) is 1.08. The van der Waals surface area contributed by atoms with E-state index in [0.29, 0.717) is 12.0 Å². The highest BCUT2D eigenvalue weighted by molar-refractivity contribution is 4.76. The van der Waals surface area contributed by atoms with Crippen molar-refractivity contribution in [3.63, 3.8) is 0 Å². The third-order valence-electron chi connectivity index (χ3n) is 3.01. The average molecular weight is 200 g/mol. The Balaban J connectivity index is 2.19. The van der Waals surface area contributed by atoms with Gasteiger partial charge in [0.1, 0.15) is 0 Å². The molecule has 0 saturated heterocycles. The van der Waals surface area contributed by atoms with Crippen LogP contribution in [0.4, 0.5) is 0 Å². The van der Waals surface area contributed by atoms with E-state index in [0.717, 1.165) is 19.7 Å². The lowest BCUT2D eigenvalue weighted by Crippen LogP contribution is -2.34. The van der Waals surface area contributed by atoms with Gasteiger partial charge in [-0.25, -0.2) is 0 Å². The molecule has 0 aliphatic heterocycles. The molecule has 1 aliphatic carbocycles. The van der Waals surface area contributed by atoms with Gasteiger partial charge < -0.3 is 15.4 Å². The van der Waals surface area contributed by atoms with Crippen molar-refractivity contribution in [1.82, 2.24) is 4.90 Å². The van der Waals surface area contributed by atoms with Crippen LogP contribution in [-0.4, -0.2) is 44.8 Å². The Kier molecular flexibility index (Phi) is 5.45. The van der Waals surface area contributed by atoms with Crippen molar-refractivity contribution in [3.05, 3.63) is 0 Å². The van der Waals surface area contributed by atoms with E-state index in [9.17, 15) is 0 Å². The standard InChI is InChI=1S/C11H24N2O/c1-13(2)7-8-14-11-6-4-3-5-10(11)9-12/h10-11H,3-9,12H2,1-2H3. The molecule has 3 heteroatoms. The van der Waals surface area contributed by atoms with Gasteiger partial charge in [0.25, 0.3) is 0 Å². The molecule has 0 aromatic rings. The topological polar surface area (TPSA) is 38.5 Å². The van der Waals surface area contributed by atoms with Gasteiger partial charge in [-0.2, -0.15) is 0 Å². The van der Waals surface area contributed by atoms with Crippen molar-refractivity contribution in [2.24, 2.45) is 11.7 Å². The van der Waals surface area contributed by atoms with Gasteiger partial charge in [0, 0.05) is 6.54 Å². The Morgan fingerprint density at radius 3 is 2.64 bits per heavy atom. The van der Waals surface area contributed by atoms with Gasteiger partial charge in [0.05, 0.1) is 12.7 Å². The smallest absolute Gasteiger partial charge is 0.0616 e. The second kappa shape index (κ2) is 6.38. The van der Waals surface area contributed by atoms with Crippen LogP contribution in [0.15, 0.2) is 0 Å². The first kappa shape index (κ1) is 12.0. The van der Waals surface area contributed by atoms with Crippen LogP contribution in [0.1, 0.15) is 25.7 Å². The summed E-state index contributed by atoms with van der Waals surface area (Å²) in [7, 11) is 4.15. The first-order valence-corrected chi connectivity index (χ1v) is 5.70. The minimum Gasteiger partial charge on any atom is -0.377 e. The van der Waals surface area contributed by atoms with Gasteiger partial charge in [-0.15, -0.1) is 0 Å². The van der Waals surface area contributed by atoms with Crippen molar-refractivity contribution in [1.29, 1.82) is 0 Å². The zero-order valence-electron chi connectivity index (χ0n) is 9.54. The highest BCUT2D eigenvalue weighted by Gasteiger charge is 2.24. The maximum atomic E-state index is 5.88. The lowest BCUT2D eigenvalue weighted by Gasteiger charge is -2.30. The SMILES string of the molecule is CN(C)CCOC1CCCCC1CN. The van der Waals surface area contributed by atoms with E-state index in [1.54, 1.807) is 0 Å². The fraction of sp³-hybridized carbons (Fsp3) is 1.00. The van der Waals surface area contributed by atoms with Crippen molar-refractivity contribution in [3.8, 4) is 0 Å². The van der Waals surface area contributed by atoms with E-state index in [-0.39, 0.29) is 0 Å². The normalized spacial score (nSPS) is 28.3. The monoisotopic (exact) mass is 200 g/mol. The molecule has 0 heterocycles. The molecule has 0 amide bonds. The van der Waals surface area contributed by atoms with Crippen LogP contribution in [0, 0.1) is 5.92 Å². The van der Waals surface area contributed by atoms with Crippen LogP contribution in [0.5, 0.6) is 0 Å². The number of nitrogens with two attached hydrogens (primary N) is 1. The Bertz CT molecular complexity index is 150. The molecule has 0 spiro atoms. The lowest BCUT2D eigenvalue weighted by molar-refractivity contribution is -0.0128. The minimum atomic E-state index is 0.425. The fourth-order valence-corrected chi connectivity index (χ4v) is 2.05. The molecule has 84 valence electrons. The van der Waals surface area contributed by atoms with Crippen LogP contribution in [0.2, 0.25) is 0 Å². The maximum Gasteiger partial charge on any atom is 0.0616 e. The molecule has 3 nitrogen and oxygen atoms in total. The first-order valence-electron chi connectivity index (χ1n) is 5.70. The van der Waals surface area contributed by atoms with Gasteiger partial charge in [-0.1, -0.05) is 12.8 Å². The summed E-state index contributed by atoms with van der Waals surface area (Å²) in [5.41, 5.74) is 5.73. The number of ether oxygens (including phenoxy) is 1. The van der Waals surface area contributed by atoms with E-state index in [1.165, 1.54) is 25.7 Å². The highest BCUT2D eigenvalue weighted by atomic mass is 16.5. The van der Waals surface area contributed by atoms with Gasteiger partial charge in [-0.3, -0.25) is 0 Å². The zero-order chi connectivity index (χ0) is 10.4. The molecule has 1 aliphatic rings. The van der Waals surface area contributed by atoms with Gasteiger partial charge in [0.15, 0.2) is 0 Å². The van der Waals surface area contributed by atoms with E-state index < -0.39 is 0 Å². The molecule has 2 N–H and O–H groups in total.